The van der Waals surface area contributed by atoms with Gasteiger partial charge in [0.1, 0.15) is 5.82 Å². The van der Waals surface area contributed by atoms with Gasteiger partial charge in [-0.1, -0.05) is 12.1 Å². The molecule has 1 aromatic carbocycles. The highest BCUT2D eigenvalue weighted by Crippen LogP contribution is 2.23. The van der Waals surface area contributed by atoms with Crippen LogP contribution in [0.2, 0.25) is 0 Å². The van der Waals surface area contributed by atoms with E-state index < -0.39 is 0 Å². The quantitative estimate of drug-likeness (QED) is 0.859. The van der Waals surface area contributed by atoms with E-state index in [9.17, 15) is 9.18 Å². The lowest BCUT2D eigenvalue weighted by Gasteiger charge is -2.38. The maximum atomic E-state index is 13.0. The summed E-state index contributed by atoms with van der Waals surface area (Å²) in [5.41, 5.74) is 2.09. The fourth-order valence-electron chi connectivity index (χ4n) is 3.12. The average Bonchev–Trinajstić information content (AvgIpc) is 3.13. The summed E-state index contributed by atoms with van der Waals surface area (Å²) < 4.78 is 13.0. The molecule has 6 heteroatoms. The number of halogens is 1. The molecule has 0 unspecified atom stereocenters. The second kappa shape index (κ2) is 8.56. The number of nitrogens with one attached hydrogen (secondary N) is 1. The first-order valence-corrected chi connectivity index (χ1v) is 9.52. The second-order valence-electron chi connectivity index (χ2n) is 6.52. The van der Waals surface area contributed by atoms with Gasteiger partial charge in [-0.15, -0.1) is 0 Å². The molecule has 1 aromatic heterocycles. The van der Waals surface area contributed by atoms with Gasteiger partial charge in [0, 0.05) is 32.7 Å². The van der Waals surface area contributed by atoms with Crippen LogP contribution in [0.25, 0.3) is 0 Å². The lowest BCUT2D eigenvalue weighted by molar-refractivity contribution is -0.120. The van der Waals surface area contributed by atoms with Crippen molar-refractivity contribution in [1.29, 1.82) is 0 Å². The van der Waals surface area contributed by atoms with Crippen LogP contribution in [0.5, 0.6) is 0 Å². The van der Waals surface area contributed by atoms with Crippen LogP contribution in [0, 0.1) is 5.82 Å². The minimum absolute atomic E-state index is 0.0269. The van der Waals surface area contributed by atoms with Crippen LogP contribution in [-0.2, 0) is 11.2 Å². The van der Waals surface area contributed by atoms with Crippen molar-refractivity contribution in [2.75, 3.05) is 39.8 Å². The van der Waals surface area contributed by atoms with E-state index in [2.05, 4.69) is 39.0 Å². The van der Waals surface area contributed by atoms with Crippen molar-refractivity contribution in [1.82, 2.24) is 15.1 Å². The van der Waals surface area contributed by atoms with E-state index in [1.165, 1.54) is 17.7 Å². The van der Waals surface area contributed by atoms with E-state index in [4.69, 9.17) is 0 Å². The molecule has 2 heterocycles. The molecule has 1 amide bonds. The maximum absolute atomic E-state index is 13.0. The number of likely N-dealkylation sites (N-methyl/N-ethyl adjacent to an activating group) is 1. The van der Waals surface area contributed by atoms with Gasteiger partial charge in [-0.25, -0.2) is 4.39 Å². The molecule has 3 rings (SSSR count). The van der Waals surface area contributed by atoms with Gasteiger partial charge in [0.15, 0.2) is 0 Å². The van der Waals surface area contributed by atoms with Crippen molar-refractivity contribution >= 4 is 17.2 Å². The number of carbonyl (C=O) groups is 1. The molecule has 1 saturated heterocycles. The summed E-state index contributed by atoms with van der Waals surface area (Å²) in [5, 5.41) is 7.30. The molecule has 1 aliphatic heterocycles. The molecule has 2 aromatic rings. The average molecular weight is 361 g/mol. The van der Waals surface area contributed by atoms with E-state index in [0.717, 1.165) is 31.7 Å². The minimum Gasteiger partial charge on any atom is -0.354 e. The molecule has 0 radical (unpaired) electrons. The Kier molecular flexibility index (Phi) is 6.18. The third-order valence-corrected chi connectivity index (χ3v) is 5.38. The number of piperazine rings is 1. The van der Waals surface area contributed by atoms with Crippen molar-refractivity contribution in [2.45, 2.75) is 12.5 Å². The van der Waals surface area contributed by atoms with E-state index in [-0.39, 0.29) is 24.2 Å². The van der Waals surface area contributed by atoms with Crippen LogP contribution in [0.15, 0.2) is 41.1 Å². The fourth-order valence-corrected chi connectivity index (χ4v) is 3.82. The third-order valence-electron chi connectivity index (χ3n) is 4.68. The van der Waals surface area contributed by atoms with Crippen LogP contribution in [-0.4, -0.2) is 55.5 Å². The van der Waals surface area contributed by atoms with Crippen LogP contribution < -0.4 is 5.32 Å². The topological polar surface area (TPSA) is 35.6 Å². The van der Waals surface area contributed by atoms with Crippen molar-refractivity contribution in [3.63, 3.8) is 0 Å². The fraction of sp³-hybridized carbons (Fsp3) is 0.421. The SMILES string of the molecule is CN1CCN([C@@H](CNC(=O)Cc2ccc(F)cc2)c2ccsc2)CC1. The second-order valence-corrected chi connectivity index (χ2v) is 7.30. The van der Waals surface area contributed by atoms with Gasteiger partial charge in [-0.05, 0) is 47.1 Å². The first kappa shape index (κ1) is 18.0. The van der Waals surface area contributed by atoms with E-state index in [1.807, 2.05) is 0 Å². The van der Waals surface area contributed by atoms with Crippen LogP contribution in [0.3, 0.4) is 0 Å². The van der Waals surface area contributed by atoms with E-state index >= 15 is 0 Å². The van der Waals surface area contributed by atoms with Gasteiger partial charge in [0.05, 0.1) is 12.5 Å². The first-order chi connectivity index (χ1) is 12.1. The van der Waals surface area contributed by atoms with Gasteiger partial charge < -0.3 is 10.2 Å². The summed E-state index contributed by atoms with van der Waals surface area (Å²) in [6.07, 6.45) is 0.277. The van der Waals surface area contributed by atoms with Gasteiger partial charge in [-0.3, -0.25) is 9.69 Å². The summed E-state index contributed by atoms with van der Waals surface area (Å²) in [6.45, 7) is 4.70. The standard InChI is InChI=1S/C19H24FN3OS/c1-22-7-9-23(10-8-22)18(16-6-11-25-14-16)13-21-19(24)12-15-2-4-17(20)5-3-15/h2-6,11,14,18H,7-10,12-13H2,1H3,(H,21,24)/t18-/m0/s1. The summed E-state index contributed by atoms with van der Waals surface area (Å²) in [5.74, 6) is -0.308. The van der Waals surface area contributed by atoms with Crippen molar-refractivity contribution in [3.8, 4) is 0 Å². The van der Waals surface area contributed by atoms with Gasteiger partial charge >= 0.3 is 0 Å². The highest BCUT2D eigenvalue weighted by atomic mass is 32.1. The van der Waals surface area contributed by atoms with Crippen LogP contribution in [0.4, 0.5) is 4.39 Å². The molecule has 1 atom stereocenters. The van der Waals surface area contributed by atoms with Gasteiger partial charge in [-0.2, -0.15) is 11.3 Å². The zero-order valence-corrected chi connectivity index (χ0v) is 15.3. The van der Waals surface area contributed by atoms with E-state index in [0.29, 0.717) is 6.54 Å². The molecule has 4 nitrogen and oxygen atoms in total. The molecule has 25 heavy (non-hydrogen) atoms. The van der Waals surface area contributed by atoms with Gasteiger partial charge in [0.25, 0.3) is 0 Å². The lowest BCUT2D eigenvalue weighted by atomic mass is 10.1. The molecule has 134 valence electrons. The Morgan fingerprint density at radius 1 is 1.20 bits per heavy atom. The number of nitrogens with zero attached hydrogens (tertiary/aromatic N) is 2. The Hall–Kier alpha value is -1.76. The monoisotopic (exact) mass is 361 g/mol. The van der Waals surface area contributed by atoms with E-state index in [1.54, 1.807) is 23.5 Å². The first-order valence-electron chi connectivity index (χ1n) is 8.57. The van der Waals surface area contributed by atoms with Crippen LogP contribution in [0.1, 0.15) is 17.2 Å². The summed E-state index contributed by atoms with van der Waals surface area (Å²) in [4.78, 5) is 17.0. The molecule has 1 fully saturated rings. The smallest absolute Gasteiger partial charge is 0.224 e. The third kappa shape index (κ3) is 5.11. The number of hydrogen-bond acceptors (Lipinski definition) is 4. The Morgan fingerprint density at radius 3 is 2.56 bits per heavy atom. The number of amides is 1. The zero-order chi connectivity index (χ0) is 17.6. The highest BCUT2D eigenvalue weighted by Gasteiger charge is 2.24. The molecular weight excluding hydrogens is 337 g/mol. The number of hydrogen-bond donors (Lipinski definition) is 1. The molecule has 0 spiro atoms. The molecule has 0 saturated carbocycles. The number of rotatable bonds is 6. The van der Waals surface area contributed by atoms with Crippen molar-refractivity contribution < 1.29 is 9.18 Å². The largest absolute Gasteiger partial charge is 0.354 e. The number of benzene rings is 1. The minimum atomic E-state index is -0.281. The van der Waals surface area contributed by atoms with Crippen molar-refractivity contribution in [3.05, 3.63) is 58.0 Å². The number of carbonyl (C=O) groups excluding carboxylic acids is 1. The Bertz CT molecular complexity index is 666. The molecule has 1 N–H and O–H groups in total. The molecule has 0 aliphatic carbocycles. The molecular formula is C19H24FN3OS. The predicted octanol–water partition coefficient (Wildman–Crippen LogP) is 2.53. The molecule has 0 bridgehead atoms. The summed E-state index contributed by atoms with van der Waals surface area (Å²) in [6, 6.07) is 8.44. The van der Waals surface area contributed by atoms with Crippen molar-refractivity contribution in [2.24, 2.45) is 0 Å². The highest BCUT2D eigenvalue weighted by molar-refractivity contribution is 7.07. The normalized spacial score (nSPS) is 17.4. The Morgan fingerprint density at radius 2 is 1.92 bits per heavy atom. The van der Waals surface area contributed by atoms with Gasteiger partial charge in [0.2, 0.25) is 5.91 Å². The number of thiophene rings is 1. The molecule has 1 aliphatic rings. The predicted molar refractivity (Wildman–Crippen MR) is 99.2 cm³/mol. The Labute approximate surface area is 152 Å². The summed E-state index contributed by atoms with van der Waals surface area (Å²) in [7, 11) is 2.14. The zero-order valence-electron chi connectivity index (χ0n) is 14.5. The lowest BCUT2D eigenvalue weighted by Crippen LogP contribution is -2.48. The Balaban J connectivity index is 1.58. The van der Waals surface area contributed by atoms with Crippen LogP contribution >= 0.6 is 11.3 Å². The summed E-state index contributed by atoms with van der Waals surface area (Å²) >= 11 is 1.69. The maximum Gasteiger partial charge on any atom is 0.224 e.